The first-order valence-electron chi connectivity index (χ1n) is 6.28. The molecule has 1 fully saturated rings. The van der Waals surface area contributed by atoms with Gasteiger partial charge < -0.3 is 9.64 Å². The van der Waals surface area contributed by atoms with Gasteiger partial charge in [0.15, 0.2) is 5.65 Å². The van der Waals surface area contributed by atoms with E-state index >= 15 is 0 Å². The summed E-state index contributed by atoms with van der Waals surface area (Å²) in [5.74, 6) is -0.0185. The number of carbonyl (C=O) groups excluding carboxylic acids is 1. The van der Waals surface area contributed by atoms with Crippen LogP contribution < -0.4 is 0 Å². The van der Waals surface area contributed by atoms with Gasteiger partial charge in [-0.3, -0.25) is 9.20 Å². The number of rotatable bonds is 1. The average Bonchev–Trinajstić information content (AvgIpc) is 2.84. The van der Waals surface area contributed by atoms with Crippen molar-refractivity contribution < 1.29 is 9.53 Å². The summed E-state index contributed by atoms with van der Waals surface area (Å²) in [7, 11) is 0. The Balaban J connectivity index is 1.93. The first kappa shape index (κ1) is 12.1. The quantitative estimate of drug-likeness (QED) is 0.767. The molecule has 6 nitrogen and oxygen atoms in total. The van der Waals surface area contributed by atoms with Crippen molar-refractivity contribution in [1.82, 2.24) is 19.5 Å². The number of aromatic nitrogens is 3. The molecule has 1 aliphatic rings. The predicted molar refractivity (Wildman–Crippen MR) is 68.9 cm³/mol. The number of carbonyl (C=O) groups is 1. The molecule has 0 atom stereocenters. The molecule has 6 heteroatoms. The van der Waals surface area contributed by atoms with Gasteiger partial charge in [0.1, 0.15) is 6.33 Å². The van der Waals surface area contributed by atoms with E-state index < -0.39 is 0 Å². The second-order valence-electron chi connectivity index (χ2n) is 5.32. The molecule has 0 bridgehead atoms. The average molecular weight is 260 g/mol. The van der Waals surface area contributed by atoms with Crippen molar-refractivity contribution >= 4 is 11.6 Å². The van der Waals surface area contributed by atoms with Crippen molar-refractivity contribution in [2.24, 2.45) is 0 Å². The van der Waals surface area contributed by atoms with Gasteiger partial charge in [0.2, 0.25) is 0 Å². The summed E-state index contributed by atoms with van der Waals surface area (Å²) in [5.41, 5.74) is 0.877. The summed E-state index contributed by atoms with van der Waals surface area (Å²) in [4.78, 5) is 14.4. The van der Waals surface area contributed by atoms with Crippen molar-refractivity contribution in [2.75, 3.05) is 19.7 Å². The maximum absolute atomic E-state index is 12.6. The summed E-state index contributed by atoms with van der Waals surface area (Å²) in [6.45, 7) is 5.74. The van der Waals surface area contributed by atoms with Crippen LogP contribution in [0.4, 0.5) is 0 Å². The van der Waals surface area contributed by atoms with E-state index in [2.05, 4.69) is 10.2 Å². The van der Waals surface area contributed by atoms with Crippen LogP contribution in [0.1, 0.15) is 24.2 Å². The number of pyridine rings is 1. The SMILES string of the molecule is CC1(C)CN(C(=O)c2cccn3cnnc23)CCO1. The number of amides is 1. The molecule has 2 aromatic heterocycles. The lowest BCUT2D eigenvalue weighted by Crippen LogP contribution is -2.50. The molecule has 100 valence electrons. The highest BCUT2D eigenvalue weighted by atomic mass is 16.5. The molecule has 0 saturated carbocycles. The van der Waals surface area contributed by atoms with E-state index in [-0.39, 0.29) is 11.5 Å². The number of morpholine rings is 1. The van der Waals surface area contributed by atoms with Gasteiger partial charge >= 0.3 is 0 Å². The van der Waals surface area contributed by atoms with E-state index in [4.69, 9.17) is 4.74 Å². The van der Waals surface area contributed by atoms with E-state index in [1.807, 2.05) is 31.0 Å². The number of fused-ring (bicyclic) bond motifs is 1. The largest absolute Gasteiger partial charge is 0.372 e. The van der Waals surface area contributed by atoms with Crippen molar-refractivity contribution in [3.63, 3.8) is 0 Å². The van der Waals surface area contributed by atoms with Crippen LogP contribution in [0.15, 0.2) is 24.7 Å². The van der Waals surface area contributed by atoms with E-state index in [0.717, 1.165) is 0 Å². The van der Waals surface area contributed by atoms with Gasteiger partial charge in [0.05, 0.1) is 17.8 Å². The summed E-state index contributed by atoms with van der Waals surface area (Å²) in [6, 6.07) is 3.62. The fourth-order valence-electron chi connectivity index (χ4n) is 2.38. The van der Waals surface area contributed by atoms with Crippen molar-refractivity contribution in [3.8, 4) is 0 Å². The fourth-order valence-corrected chi connectivity index (χ4v) is 2.38. The lowest BCUT2D eigenvalue weighted by atomic mass is 10.1. The minimum Gasteiger partial charge on any atom is -0.372 e. The molecule has 0 spiro atoms. The number of ether oxygens (including phenoxy) is 1. The summed E-state index contributed by atoms with van der Waals surface area (Å²) in [6.07, 6.45) is 3.42. The molecular weight excluding hydrogens is 244 g/mol. The van der Waals surface area contributed by atoms with Gasteiger partial charge in [-0.2, -0.15) is 0 Å². The Bertz CT molecular complexity index is 620. The zero-order valence-corrected chi connectivity index (χ0v) is 11.0. The van der Waals surface area contributed by atoms with Gasteiger partial charge in [-0.25, -0.2) is 0 Å². The summed E-state index contributed by atoms with van der Waals surface area (Å²) in [5, 5.41) is 7.84. The van der Waals surface area contributed by atoms with Crippen LogP contribution in [0.25, 0.3) is 5.65 Å². The van der Waals surface area contributed by atoms with E-state index in [1.165, 1.54) is 0 Å². The molecular formula is C13H16N4O2. The van der Waals surface area contributed by atoms with Crippen LogP contribution in [-0.4, -0.2) is 50.7 Å². The summed E-state index contributed by atoms with van der Waals surface area (Å²) < 4.78 is 7.38. The van der Waals surface area contributed by atoms with Crippen LogP contribution in [0.5, 0.6) is 0 Å². The van der Waals surface area contributed by atoms with Crippen LogP contribution in [0.2, 0.25) is 0 Å². The Labute approximate surface area is 111 Å². The minimum atomic E-state index is -0.299. The fraction of sp³-hybridized carbons (Fsp3) is 0.462. The number of nitrogens with zero attached hydrogens (tertiary/aromatic N) is 4. The van der Waals surface area contributed by atoms with E-state index in [0.29, 0.717) is 30.9 Å². The third-order valence-electron chi connectivity index (χ3n) is 3.27. The molecule has 1 saturated heterocycles. The summed E-state index contributed by atoms with van der Waals surface area (Å²) >= 11 is 0. The first-order chi connectivity index (χ1) is 9.07. The Morgan fingerprint density at radius 1 is 1.47 bits per heavy atom. The highest BCUT2D eigenvalue weighted by Gasteiger charge is 2.31. The van der Waals surface area contributed by atoms with E-state index in [9.17, 15) is 4.79 Å². The highest BCUT2D eigenvalue weighted by molar-refractivity contribution is 5.99. The minimum absolute atomic E-state index is 0.0185. The second kappa shape index (κ2) is 4.31. The maximum atomic E-state index is 12.6. The van der Waals surface area contributed by atoms with Gasteiger partial charge in [0, 0.05) is 19.3 Å². The van der Waals surface area contributed by atoms with Gasteiger partial charge in [-0.05, 0) is 26.0 Å². The lowest BCUT2D eigenvalue weighted by molar-refractivity contribution is -0.0763. The first-order valence-corrected chi connectivity index (χ1v) is 6.28. The molecule has 0 aliphatic carbocycles. The topological polar surface area (TPSA) is 59.7 Å². The van der Waals surface area contributed by atoms with Gasteiger partial charge in [0.25, 0.3) is 5.91 Å². The molecule has 3 heterocycles. The zero-order valence-electron chi connectivity index (χ0n) is 11.0. The molecule has 0 N–H and O–H groups in total. The van der Waals surface area contributed by atoms with Crippen LogP contribution in [0, 0.1) is 0 Å². The predicted octanol–water partition coefficient (Wildman–Crippen LogP) is 0.980. The monoisotopic (exact) mass is 260 g/mol. The maximum Gasteiger partial charge on any atom is 0.257 e. The molecule has 1 aliphatic heterocycles. The van der Waals surface area contributed by atoms with Crippen LogP contribution in [0.3, 0.4) is 0 Å². The van der Waals surface area contributed by atoms with E-state index in [1.54, 1.807) is 16.8 Å². The standard InChI is InChI=1S/C13H16N4O2/c1-13(2)8-16(6-7-19-13)12(18)10-4-3-5-17-9-14-15-11(10)17/h3-5,9H,6-8H2,1-2H3. The van der Waals surface area contributed by atoms with Gasteiger partial charge in [-0.1, -0.05) is 0 Å². The lowest BCUT2D eigenvalue weighted by Gasteiger charge is -2.38. The smallest absolute Gasteiger partial charge is 0.257 e. The third kappa shape index (κ3) is 2.19. The van der Waals surface area contributed by atoms with Crippen molar-refractivity contribution in [1.29, 1.82) is 0 Å². The zero-order chi connectivity index (χ0) is 13.5. The normalized spacial score (nSPS) is 18.7. The molecule has 1 amide bonds. The Morgan fingerprint density at radius 3 is 3.11 bits per heavy atom. The Morgan fingerprint density at radius 2 is 2.32 bits per heavy atom. The molecule has 19 heavy (non-hydrogen) atoms. The molecule has 0 aromatic carbocycles. The van der Waals surface area contributed by atoms with Crippen molar-refractivity contribution in [2.45, 2.75) is 19.4 Å². The molecule has 2 aromatic rings. The number of hydrogen-bond donors (Lipinski definition) is 0. The van der Waals surface area contributed by atoms with Crippen LogP contribution >= 0.6 is 0 Å². The van der Waals surface area contributed by atoms with Gasteiger partial charge in [-0.15, -0.1) is 10.2 Å². The second-order valence-corrected chi connectivity index (χ2v) is 5.32. The highest BCUT2D eigenvalue weighted by Crippen LogP contribution is 2.19. The van der Waals surface area contributed by atoms with Crippen molar-refractivity contribution in [3.05, 3.63) is 30.2 Å². The molecule has 0 unspecified atom stereocenters. The Hall–Kier alpha value is -1.95. The third-order valence-corrected chi connectivity index (χ3v) is 3.27. The van der Waals surface area contributed by atoms with Crippen LogP contribution in [-0.2, 0) is 4.74 Å². The molecule has 3 rings (SSSR count). The number of hydrogen-bond acceptors (Lipinski definition) is 4. The molecule has 0 radical (unpaired) electrons. The Kier molecular flexibility index (Phi) is 2.74.